The second kappa shape index (κ2) is 5.63. The summed E-state index contributed by atoms with van der Waals surface area (Å²) < 4.78 is 5.42. The predicted octanol–water partition coefficient (Wildman–Crippen LogP) is 2.44. The average molecular weight is 272 g/mol. The summed E-state index contributed by atoms with van der Waals surface area (Å²) in [4.78, 5) is 8.65. The molecule has 1 aliphatic rings. The zero-order valence-corrected chi connectivity index (χ0v) is 11.7. The first-order valence-electron chi connectivity index (χ1n) is 7.08. The number of hydrogen-bond acceptors (Lipinski definition) is 5. The molecule has 1 fully saturated rings. The minimum absolute atomic E-state index is 0.370. The van der Waals surface area contributed by atoms with E-state index in [1.807, 2.05) is 18.2 Å². The van der Waals surface area contributed by atoms with E-state index in [9.17, 15) is 0 Å². The molecule has 5 heteroatoms. The van der Waals surface area contributed by atoms with Crippen LogP contribution < -0.4 is 11.1 Å². The maximum Gasteiger partial charge on any atom is 0.137 e. The highest BCUT2D eigenvalue weighted by Gasteiger charge is 2.21. The zero-order valence-electron chi connectivity index (χ0n) is 11.7. The van der Waals surface area contributed by atoms with Crippen LogP contribution in [0, 0.1) is 5.92 Å². The SMILES string of the molecule is CC(Nc1ncnc2cc(N)ccc12)C1CCOCC1. The van der Waals surface area contributed by atoms with Gasteiger partial charge < -0.3 is 15.8 Å². The van der Waals surface area contributed by atoms with Crippen LogP contribution in [-0.4, -0.2) is 29.2 Å². The van der Waals surface area contributed by atoms with Gasteiger partial charge in [-0.2, -0.15) is 0 Å². The van der Waals surface area contributed by atoms with Crippen molar-refractivity contribution in [2.75, 3.05) is 24.3 Å². The molecular weight excluding hydrogens is 252 g/mol. The highest BCUT2D eigenvalue weighted by molar-refractivity contribution is 5.90. The molecule has 2 aromatic rings. The third kappa shape index (κ3) is 2.67. The van der Waals surface area contributed by atoms with E-state index in [2.05, 4.69) is 22.2 Å². The number of nitrogen functional groups attached to an aromatic ring is 1. The Morgan fingerprint density at radius 3 is 2.90 bits per heavy atom. The van der Waals surface area contributed by atoms with E-state index in [4.69, 9.17) is 10.5 Å². The first kappa shape index (κ1) is 13.1. The van der Waals surface area contributed by atoms with Crippen molar-refractivity contribution < 1.29 is 4.74 Å². The lowest BCUT2D eigenvalue weighted by molar-refractivity contribution is 0.0622. The van der Waals surface area contributed by atoms with Crippen LogP contribution >= 0.6 is 0 Å². The minimum Gasteiger partial charge on any atom is -0.399 e. The van der Waals surface area contributed by atoms with E-state index in [-0.39, 0.29) is 0 Å². The second-order valence-corrected chi connectivity index (χ2v) is 5.38. The van der Waals surface area contributed by atoms with Gasteiger partial charge in [0.05, 0.1) is 5.52 Å². The second-order valence-electron chi connectivity index (χ2n) is 5.38. The molecule has 1 aromatic carbocycles. The zero-order chi connectivity index (χ0) is 13.9. The number of hydrogen-bond donors (Lipinski definition) is 2. The summed E-state index contributed by atoms with van der Waals surface area (Å²) in [5.74, 6) is 1.51. The van der Waals surface area contributed by atoms with Gasteiger partial charge in [0.25, 0.3) is 0 Å². The van der Waals surface area contributed by atoms with Gasteiger partial charge in [0.15, 0.2) is 0 Å². The van der Waals surface area contributed by atoms with Crippen molar-refractivity contribution in [3.05, 3.63) is 24.5 Å². The molecule has 106 valence electrons. The summed E-state index contributed by atoms with van der Waals surface area (Å²) in [6.45, 7) is 3.93. The Morgan fingerprint density at radius 2 is 2.10 bits per heavy atom. The first-order chi connectivity index (χ1) is 9.74. The van der Waals surface area contributed by atoms with Crippen molar-refractivity contribution in [3.63, 3.8) is 0 Å². The highest BCUT2D eigenvalue weighted by atomic mass is 16.5. The molecule has 1 saturated heterocycles. The van der Waals surface area contributed by atoms with E-state index >= 15 is 0 Å². The first-order valence-corrected chi connectivity index (χ1v) is 7.08. The summed E-state index contributed by atoms with van der Waals surface area (Å²) in [5, 5.41) is 4.54. The molecule has 0 aliphatic carbocycles. The van der Waals surface area contributed by atoms with Gasteiger partial charge in [0, 0.05) is 30.3 Å². The number of nitrogens with two attached hydrogens (primary N) is 1. The molecule has 1 aliphatic heterocycles. The number of nitrogens with one attached hydrogen (secondary N) is 1. The molecule has 0 bridgehead atoms. The Kier molecular flexibility index (Phi) is 3.69. The van der Waals surface area contributed by atoms with Gasteiger partial charge in [-0.05, 0) is 43.9 Å². The maximum absolute atomic E-state index is 5.80. The minimum atomic E-state index is 0.370. The van der Waals surface area contributed by atoms with Crippen LogP contribution in [0.15, 0.2) is 24.5 Å². The summed E-state index contributed by atoms with van der Waals surface area (Å²) >= 11 is 0. The molecule has 5 nitrogen and oxygen atoms in total. The van der Waals surface area contributed by atoms with Gasteiger partial charge >= 0.3 is 0 Å². The van der Waals surface area contributed by atoms with E-state index < -0.39 is 0 Å². The molecule has 2 heterocycles. The molecule has 1 unspecified atom stereocenters. The monoisotopic (exact) mass is 272 g/mol. The van der Waals surface area contributed by atoms with E-state index in [1.54, 1.807) is 6.33 Å². The van der Waals surface area contributed by atoms with Crippen LogP contribution in [0.3, 0.4) is 0 Å². The van der Waals surface area contributed by atoms with Crippen LogP contribution in [0.5, 0.6) is 0 Å². The smallest absolute Gasteiger partial charge is 0.137 e. The predicted molar refractivity (Wildman–Crippen MR) is 80.6 cm³/mol. The van der Waals surface area contributed by atoms with Crippen LogP contribution in [0.4, 0.5) is 11.5 Å². The highest BCUT2D eigenvalue weighted by Crippen LogP contribution is 2.25. The quantitative estimate of drug-likeness (QED) is 0.840. The molecule has 3 N–H and O–H groups in total. The average Bonchev–Trinajstić information content (AvgIpc) is 2.48. The van der Waals surface area contributed by atoms with E-state index in [0.29, 0.717) is 12.0 Å². The lowest BCUT2D eigenvalue weighted by Gasteiger charge is -2.28. The summed E-state index contributed by atoms with van der Waals surface area (Å²) in [7, 11) is 0. The van der Waals surface area contributed by atoms with E-state index in [1.165, 1.54) is 0 Å². The topological polar surface area (TPSA) is 73.1 Å². The van der Waals surface area contributed by atoms with Crippen molar-refractivity contribution in [2.24, 2.45) is 5.92 Å². The number of ether oxygens (including phenoxy) is 1. The number of fused-ring (bicyclic) bond motifs is 1. The maximum atomic E-state index is 5.80. The fourth-order valence-electron chi connectivity index (χ4n) is 2.74. The van der Waals surface area contributed by atoms with Crippen molar-refractivity contribution in [2.45, 2.75) is 25.8 Å². The Morgan fingerprint density at radius 1 is 1.30 bits per heavy atom. The third-order valence-corrected chi connectivity index (χ3v) is 4.00. The molecule has 1 atom stereocenters. The molecule has 3 rings (SSSR count). The third-order valence-electron chi connectivity index (χ3n) is 4.00. The van der Waals surface area contributed by atoms with Gasteiger partial charge in [-0.3, -0.25) is 0 Å². The van der Waals surface area contributed by atoms with Crippen molar-refractivity contribution in [3.8, 4) is 0 Å². The Bertz CT molecular complexity index is 595. The van der Waals surface area contributed by atoms with Gasteiger partial charge in [0.1, 0.15) is 12.1 Å². The normalized spacial score (nSPS) is 18.1. The van der Waals surface area contributed by atoms with Crippen LogP contribution in [0.1, 0.15) is 19.8 Å². The fraction of sp³-hybridized carbons (Fsp3) is 0.467. The molecule has 0 radical (unpaired) electrons. The Labute approximate surface area is 118 Å². The Balaban J connectivity index is 1.83. The van der Waals surface area contributed by atoms with E-state index in [0.717, 1.165) is 48.5 Å². The summed E-state index contributed by atoms with van der Waals surface area (Å²) in [5.41, 5.74) is 7.40. The van der Waals surface area contributed by atoms with Crippen LogP contribution in [0.25, 0.3) is 10.9 Å². The fourth-order valence-corrected chi connectivity index (χ4v) is 2.74. The van der Waals surface area contributed by atoms with Gasteiger partial charge in [-0.25, -0.2) is 9.97 Å². The number of nitrogens with zero attached hydrogens (tertiary/aromatic N) is 2. The number of rotatable bonds is 3. The molecular formula is C15H20N4O. The number of benzene rings is 1. The molecule has 1 aromatic heterocycles. The Hall–Kier alpha value is -1.88. The van der Waals surface area contributed by atoms with Crippen molar-refractivity contribution in [1.82, 2.24) is 9.97 Å². The van der Waals surface area contributed by atoms with Crippen LogP contribution in [0.2, 0.25) is 0 Å². The lowest BCUT2D eigenvalue weighted by atomic mass is 9.93. The van der Waals surface area contributed by atoms with Crippen molar-refractivity contribution in [1.29, 1.82) is 0 Å². The molecule has 0 amide bonds. The molecule has 20 heavy (non-hydrogen) atoms. The van der Waals surface area contributed by atoms with Crippen molar-refractivity contribution >= 4 is 22.4 Å². The lowest BCUT2D eigenvalue weighted by Crippen LogP contribution is -2.31. The summed E-state index contributed by atoms with van der Waals surface area (Å²) in [6.07, 6.45) is 3.79. The number of aromatic nitrogens is 2. The molecule has 0 spiro atoms. The summed E-state index contributed by atoms with van der Waals surface area (Å²) in [6, 6.07) is 6.11. The molecule has 0 saturated carbocycles. The largest absolute Gasteiger partial charge is 0.399 e. The van der Waals surface area contributed by atoms with Gasteiger partial charge in [0.2, 0.25) is 0 Å². The van der Waals surface area contributed by atoms with Gasteiger partial charge in [-0.1, -0.05) is 0 Å². The number of anilines is 2. The van der Waals surface area contributed by atoms with Crippen LogP contribution in [-0.2, 0) is 4.74 Å². The standard InChI is InChI=1S/C15H20N4O/c1-10(11-4-6-20-7-5-11)19-15-13-3-2-12(16)8-14(13)17-9-18-15/h2-3,8-11H,4-7,16H2,1H3,(H,17,18,19). The van der Waals surface area contributed by atoms with Gasteiger partial charge in [-0.15, -0.1) is 0 Å².